The SMILES string of the molecule is COc1ccc(-c2nc(C)c(C(=O)N3CCN(C)CC3)c(-c3cccc([N+](=O)[O-])c3)n2)cc1. The van der Waals surface area contributed by atoms with Gasteiger partial charge in [-0.1, -0.05) is 12.1 Å². The monoisotopic (exact) mass is 447 g/mol. The molecule has 170 valence electrons. The smallest absolute Gasteiger partial charge is 0.270 e. The highest BCUT2D eigenvalue weighted by molar-refractivity contribution is 6.01. The fourth-order valence-electron chi connectivity index (χ4n) is 3.84. The van der Waals surface area contributed by atoms with E-state index in [9.17, 15) is 14.9 Å². The van der Waals surface area contributed by atoms with Crippen molar-refractivity contribution in [1.29, 1.82) is 0 Å². The van der Waals surface area contributed by atoms with Crippen molar-refractivity contribution in [1.82, 2.24) is 19.8 Å². The number of piperazine rings is 1. The Morgan fingerprint density at radius 1 is 1.03 bits per heavy atom. The predicted octanol–water partition coefficient (Wildman–Crippen LogP) is 3.42. The highest BCUT2D eigenvalue weighted by atomic mass is 16.6. The summed E-state index contributed by atoms with van der Waals surface area (Å²) in [5.74, 6) is 0.978. The van der Waals surface area contributed by atoms with Gasteiger partial charge in [0, 0.05) is 49.4 Å². The Bertz CT molecular complexity index is 1190. The van der Waals surface area contributed by atoms with Gasteiger partial charge in [-0.25, -0.2) is 9.97 Å². The number of carbonyl (C=O) groups is 1. The molecule has 9 heteroatoms. The van der Waals surface area contributed by atoms with Crippen molar-refractivity contribution in [2.24, 2.45) is 0 Å². The molecule has 1 amide bonds. The molecular formula is C24H25N5O4. The molecule has 0 spiro atoms. The van der Waals surface area contributed by atoms with Crippen LogP contribution in [0.1, 0.15) is 16.1 Å². The average molecular weight is 447 g/mol. The molecule has 4 rings (SSSR count). The van der Waals surface area contributed by atoms with E-state index in [0.29, 0.717) is 47.2 Å². The molecule has 1 saturated heterocycles. The van der Waals surface area contributed by atoms with Crippen molar-refractivity contribution >= 4 is 11.6 Å². The highest BCUT2D eigenvalue weighted by Crippen LogP contribution is 2.31. The van der Waals surface area contributed by atoms with E-state index < -0.39 is 4.92 Å². The number of likely N-dealkylation sites (N-methyl/N-ethyl adjacent to an activating group) is 1. The third-order valence-corrected chi connectivity index (χ3v) is 5.77. The Hall–Kier alpha value is -3.85. The van der Waals surface area contributed by atoms with Crippen LogP contribution in [0, 0.1) is 17.0 Å². The molecule has 0 bridgehead atoms. The molecule has 0 unspecified atom stereocenters. The summed E-state index contributed by atoms with van der Waals surface area (Å²) in [4.78, 5) is 37.8. The van der Waals surface area contributed by atoms with Crippen LogP contribution in [-0.2, 0) is 0 Å². The zero-order chi connectivity index (χ0) is 23.5. The van der Waals surface area contributed by atoms with E-state index in [1.54, 1.807) is 31.1 Å². The van der Waals surface area contributed by atoms with Gasteiger partial charge >= 0.3 is 0 Å². The van der Waals surface area contributed by atoms with Crippen LogP contribution in [-0.4, -0.2) is 70.9 Å². The second-order valence-electron chi connectivity index (χ2n) is 7.99. The van der Waals surface area contributed by atoms with Crippen LogP contribution < -0.4 is 4.74 Å². The Kier molecular flexibility index (Phi) is 6.32. The van der Waals surface area contributed by atoms with Crippen LogP contribution >= 0.6 is 0 Å². The maximum absolute atomic E-state index is 13.5. The van der Waals surface area contributed by atoms with Gasteiger partial charge in [0.1, 0.15) is 5.75 Å². The normalized spacial score (nSPS) is 14.2. The van der Waals surface area contributed by atoms with E-state index in [4.69, 9.17) is 9.72 Å². The Morgan fingerprint density at radius 2 is 1.73 bits per heavy atom. The molecule has 1 aliphatic rings. The number of amides is 1. The Labute approximate surface area is 191 Å². The summed E-state index contributed by atoms with van der Waals surface area (Å²) in [6.45, 7) is 4.54. The number of hydrogen-bond acceptors (Lipinski definition) is 7. The Balaban J connectivity index is 1.85. The molecule has 0 saturated carbocycles. The third-order valence-electron chi connectivity index (χ3n) is 5.77. The molecule has 1 aromatic heterocycles. The topological polar surface area (TPSA) is 102 Å². The maximum atomic E-state index is 13.5. The van der Waals surface area contributed by atoms with Crippen LogP contribution in [0.2, 0.25) is 0 Å². The zero-order valence-electron chi connectivity index (χ0n) is 18.8. The summed E-state index contributed by atoms with van der Waals surface area (Å²) in [5, 5.41) is 11.4. The van der Waals surface area contributed by atoms with Crippen LogP contribution in [0.4, 0.5) is 5.69 Å². The highest BCUT2D eigenvalue weighted by Gasteiger charge is 2.27. The van der Waals surface area contributed by atoms with Crippen molar-refractivity contribution in [2.45, 2.75) is 6.92 Å². The quantitative estimate of drug-likeness (QED) is 0.436. The maximum Gasteiger partial charge on any atom is 0.270 e. The van der Waals surface area contributed by atoms with Crippen molar-refractivity contribution in [3.63, 3.8) is 0 Å². The number of aromatic nitrogens is 2. The first kappa shape index (κ1) is 22.3. The van der Waals surface area contributed by atoms with E-state index in [2.05, 4.69) is 9.88 Å². The molecule has 0 aliphatic carbocycles. The van der Waals surface area contributed by atoms with E-state index >= 15 is 0 Å². The molecular weight excluding hydrogens is 422 g/mol. The molecule has 1 fully saturated rings. The van der Waals surface area contributed by atoms with Crippen LogP contribution in [0.15, 0.2) is 48.5 Å². The Morgan fingerprint density at radius 3 is 2.36 bits per heavy atom. The van der Waals surface area contributed by atoms with Gasteiger partial charge in [0.15, 0.2) is 5.82 Å². The second kappa shape index (κ2) is 9.33. The van der Waals surface area contributed by atoms with Gasteiger partial charge in [0.25, 0.3) is 11.6 Å². The van der Waals surface area contributed by atoms with Gasteiger partial charge in [0.2, 0.25) is 0 Å². The molecule has 0 atom stereocenters. The lowest BCUT2D eigenvalue weighted by Gasteiger charge is -2.33. The number of nitrogens with zero attached hydrogens (tertiary/aromatic N) is 5. The average Bonchev–Trinajstić information content (AvgIpc) is 2.83. The lowest BCUT2D eigenvalue weighted by atomic mass is 10.0. The number of methoxy groups -OCH3 is 1. The second-order valence-corrected chi connectivity index (χ2v) is 7.99. The molecule has 0 radical (unpaired) electrons. The number of aryl methyl sites for hydroxylation is 1. The molecule has 1 aliphatic heterocycles. The standard InChI is InChI=1S/C24H25N5O4/c1-16-21(24(30)28-13-11-27(2)12-14-28)22(18-5-4-6-19(15-18)29(31)32)26-23(25-16)17-7-9-20(33-3)10-8-17/h4-10,15H,11-14H2,1-3H3. The van der Waals surface area contributed by atoms with Gasteiger partial charge in [-0.2, -0.15) is 0 Å². The van der Waals surface area contributed by atoms with Gasteiger partial charge in [-0.3, -0.25) is 14.9 Å². The number of benzene rings is 2. The molecule has 33 heavy (non-hydrogen) atoms. The first-order valence-corrected chi connectivity index (χ1v) is 10.6. The summed E-state index contributed by atoms with van der Waals surface area (Å²) in [6, 6.07) is 13.5. The number of ether oxygens (including phenoxy) is 1. The van der Waals surface area contributed by atoms with Crippen LogP contribution in [0.3, 0.4) is 0 Å². The summed E-state index contributed by atoms with van der Waals surface area (Å²) < 4.78 is 5.22. The third kappa shape index (κ3) is 4.68. The number of hydrogen-bond donors (Lipinski definition) is 0. The number of carbonyl (C=O) groups excluding carboxylic acids is 1. The summed E-state index contributed by atoms with van der Waals surface area (Å²) in [6.07, 6.45) is 0. The summed E-state index contributed by atoms with van der Waals surface area (Å²) in [7, 11) is 3.61. The minimum Gasteiger partial charge on any atom is -0.497 e. The summed E-state index contributed by atoms with van der Waals surface area (Å²) >= 11 is 0. The minimum absolute atomic E-state index is 0.0623. The first-order valence-electron chi connectivity index (χ1n) is 10.6. The van der Waals surface area contributed by atoms with E-state index in [1.807, 2.05) is 31.3 Å². The van der Waals surface area contributed by atoms with Crippen LogP contribution in [0.5, 0.6) is 5.75 Å². The van der Waals surface area contributed by atoms with Crippen molar-refractivity contribution in [3.8, 4) is 28.4 Å². The fraction of sp³-hybridized carbons (Fsp3) is 0.292. The minimum atomic E-state index is -0.454. The van der Waals surface area contributed by atoms with Crippen molar-refractivity contribution in [2.75, 3.05) is 40.3 Å². The molecule has 3 aromatic rings. The van der Waals surface area contributed by atoms with Gasteiger partial charge < -0.3 is 14.5 Å². The predicted molar refractivity (Wildman–Crippen MR) is 124 cm³/mol. The zero-order valence-corrected chi connectivity index (χ0v) is 18.8. The molecule has 2 aromatic carbocycles. The lowest BCUT2D eigenvalue weighted by molar-refractivity contribution is -0.384. The van der Waals surface area contributed by atoms with Crippen LogP contribution in [0.25, 0.3) is 22.6 Å². The number of nitro groups is 1. The van der Waals surface area contributed by atoms with Gasteiger partial charge in [0.05, 0.1) is 29.0 Å². The first-order chi connectivity index (χ1) is 15.9. The van der Waals surface area contributed by atoms with E-state index in [1.165, 1.54) is 12.1 Å². The van der Waals surface area contributed by atoms with Crippen molar-refractivity contribution < 1.29 is 14.5 Å². The molecule has 9 nitrogen and oxygen atoms in total. The van der Waals surface area contributed by atoms with Gasteiger partial charge in [-0.05, 0) is 38.2 Å². The lowest BCUT2D eigenvalue weighted by Crippen LogP contribution is -2.47. The fourth-order valence-corrected chi connectivity index (χ4v) is 3.84. The number of nitro benzene ring substituents is 1. The number of non-ortho nitro benzene ring substituents is 1. The molecule has 0 N–H and O–H groups in total. The molecule has 2 heterocycles. The van der Waals surface area contributed by atoms with Crippen molar-refractivity contribution in [3.05, 3.63) is 69.9 Å². The number of rotatable bonds is 5. The van der Waals surface area contributed by atoms with Gasteiger partial charge in [-0.15, -0.1) is 0 Å². The van der Waals surface area contributed by atoms with E-state index in [-0.39, 0.29) is 11.6 Å². The summed E-state index contributed by atoms with van der Waals surface area (Å²) in [5.41, 5.74) is 2.48. The largest absolute Gasteiger partial charge is 0.497 e. The van der Waals surface area contributed by atoms with E-state index in [0.717, 1.165) is 18.7 Å².